The first-order chi connectivity index (χ1) is 18.4. The lowest BCUT2D eigenvalue weighted by Gasteiger charge is -2.25. The number of halogens is 1. The molecular weight excluding hydrogens is 499 g/mol. The third kappa shape index (κ3) is 5.05. The number of allylic oxidation sites excluding steroid dienone is 4. The number of urea groups is 1. The molecule has 3 N–H and O–H groups in total. The lowest BCUT2D eigenvalue weighted by molar-refractivity contribution is 0.119. The minimum Gasteiger partial charge on any atom is -0.357 e. The second-order valence-electron chi connectivity index (χ2n) is 11.5. The van der Waals surface area contributed by atoms with Crippen molar-refractivity contribution in [3.63, 3.8) is 0 Å². The highest BCUT2D eigenvalue weighted by molar-refractivity contribution is 5.89. The van der Waals surface area contributed by atoms with Gasteiger partial charge in [0.25, 0.3) is 5.56 Å². The van der Waals surface area contributed by atoms with Gasteiger partial charge in [-0.1, -0.05) is 39.0 Å². The SMILES string of the molecule is CNc1ncc2cc(C3CC3NC(=O)Nc3cc(C(C)(C)C)nn3C3(F)C=CC=CC3)c(=O)n(C(C)C)c2n1. The molecule has 0 bridgehead atoms. The summed E-state index contributed by atoms with van der Waals surface area (Å²) in [6.07, 6.45) is 9.02. The van der Waals surface area contributed by atoms with E-state index in [4.69, 9.17) is 0 Å². The van der Waals surface area contributed by atoms with Crippen LogP contribution in [-0.2, 0) is 11.2 Å². The monoisotopic (exact) mass is 534 g/mol. The molecule has 3 atom stereocenters. The molecule has 2 aliphatic rings. The van der Waals surface area contributed by atoms with Crippen LogP contribution in [0.3, 0.4) is 0 Å². The Kier molecular flexibility index (Phi) is 6.56. The van der Waals surface area contributed by atoms with Crippen LogP contribution in [0.5, 0.6) is 0 Å². The second kappa shape index (κ2) is 9.62. The molecule has 3 heterocycles. The number of pyridine rings is 1. The maximum atomic E-state index is 15.8. The van der Waals surface area contributed by atoms with Crippen molar-refractivity contribution >= 4 is 28.8 Å². The molecule has 3 aromatic heterocycles. The van der Waals surface area contributed by atoms with Crippen molar-refractivity contribution in [3.05, 3.63) is 64.2 Å². The number of aromatic nitrogens is 5. The predicted octanol–water partition coefficient (Wildman–Crippen LogP) is 4.72. The van der Waals surface area contributed by atoms with E-state index in [0.717, 1.165) is 5.39 Å². The fraction of sp³-hybridized carbons (Fsp3) is 0.464. The smallest absolute Gasteiger partial charge is 0.320 e. The van der Waals surface area contributed by atoms with Crippen LogP contribution in [0.1, 0.15) is 70.7 Å². The molecule has 11 heteroatoms. The summed E-state index contributed by atoms with van der Waals surface area (Å²) in [5.41, 5.74) is 1.38. The summed E-state index contributed by atoms with van der Waals surface area (Å²) in [6.45, 7) is 9.82. The van der Waals surface area contributed by atoms with Crippen LogP contribution >= 0.6 is 0 Å². The van der Waals surface area contributed by atoms with E-state index in [1.54, 1.807) is 42.1 Å². The zero-order valence-corrected chi connectivity index (χ0v) is 23.1. The minimum atomic E-state index is -1.88. The lowest BCUT2D eigenvalue weighted by atomic mass is 9.92. The molecule has 3 aromatic rings. The molecule has 0 saturated heterocycles. The third-order valence-electron chi connectivity index (χ3n) is 7.12. The Bertz CT molecular complexity index is 1550. The van der Waals surface area contributed by atoms with Crippen LogP contribution in [0.4, 0.5) is 21.0 Å². The van der Waals surface area contributed by atoms with Gasteiger partial charge in [-0.05, 0) is 32.4 Å². The van der Waals surface area contributed by atoms with Gasteiger partial charge < -0.3 is 10.6 Å². The van der Waals surface area contributed by atoms with Crippen molar-refractivity contribution in [1.82, 2.24) is 29.6 Å². The van der Waals surface area contributed by atoms with Gasteiger partial charge in [0.15, 0.2) is 0 Å². The highest BCUT2D eigenvalue weighted by Gasteiger charge is 2.42. The van der Waals surface area contributed by atoms with Crippen molar-refractivity contribution < 1.29 is 9.18 Å². The average molecular weight is 535 g/mol. The van der Waals surface area contributed by atoms with Gasteiger partial charge in [-0.3, -0.25) is 14.7 Å². The highest BCUT2D eigenvalue weighted by Crippen LogP contribution is 2.40. The summed E-state index contributed by atoms with van der Waals surface area (Å²) in [4.78, 5) is 35.3. The molecule has 0 radical (unpaired) electrons. The number of alkyl halides is 1. The van der Waals surface area contributed by atoms with Crippen LogP contribution in [0, 0.1) is 0 Å². The Morgan fingerprint density at radius 2 is 2.00 bits per heavy atom. The molecule has 1 fully saturated rings. The normalized spacial score (nSPS) is 22.4. The van der Waals surface area contributed by atoms with Crippen molar-refractivity contribution in [2.45, 2.75) is 76.7 Å². The van der Waals surface area contributed by atoms with E-state index in [0.29, 0.717) is 29.3 Å². The fourth-order valence-corrected chi connectivity index (χ4v) is 4.89. The summed E-state index contributed by atoms with van der Waals surface area (Å²) in [5.74, 6) is -1.32. The van der Waals surface area contributed by atoms with Crippen molar-refractivity contribution in [2.75, 3.05) is 17.7 Å². The first kappa shape index (κ1) is 26.6. The summed E-state index contributed by atoms with van der Waals surface area (Å²) < 4.78 is 18.7. The summed E-state index contributed by atoms with van der Waals surface area (Å²) in [5, 5.41) is 13.9. The van der Waals surface area contributed by atoms with Crippen molar-refractivity contribution in [2.24, 2.45) is 0 Å². The number of fused-ring (bicyclic) bond motifs is 1. The number of nitrogens with zero attached hydrogens (tertiary/aromatic N) is 5. The Hall–Kier alpha value is -4.02. The van der Waals surface area contributed by atoms with E-state index in [1.807, 2.05) is 40.7 Å². The van der Waals surface area contributed by atoms with E-state index in [1.165, 1.54) is 10.8 Å². The zero-order valence-electron chi connectivity index (χ0n) is 23.1. The van der Waals surface area contributed by atoms with E-state index in [9.17, 15) is 9.59 Å². The molecule has 206 valence electrons. The van der Waals surface area contributed by atoms with Gasteiger partial charge in [0.05, 0.1) is 5.69 Å². The molecule has 2 amide bonds. The van der Waals surface area contributed by atoms with Gasteiger partial charge in [-0.2, -0.15) is 10.1 Å². The van der Waals surface area contributed by atoms with E-state index >= 15 is 4.39 Å². The number of amides is 2. The summed E-state index contributed by atoms with van der Waals surface area (Å²) >= 11 is 0. The van der Waals surface area contributed by atoms with Gasteiger partial charge >= 0.3 is 6.03 Å². The standard InChI is InChI=1S/C28H35FN8O2/c1-16(2)36-23-17(15-31-25(30-6)34-23)12-19(24(36)38)18-13-20(18)32-26(39)33-22-14-21(27(3,4)5)35-37(22)28(29)10-8-7-9-11-28/h7-10,12,14-16,18,20H,11,13H2,1-6H3,(H,30,31,34)(H2,32,33,39). The fourth-order valence-electron chi connectivity index (χ4n) is 4.89. The number of anilines is 2. The quantitative estimate of drug-likeness (QED) is 0.421. The molecule has 2 aliphatic carbocycles. The van der Waals surface area contributed by atoms with E-state index in [2.05, 4.69) is 31.0 Å². The Morgan fingerprint density at radius 3 is 2.64 bits per heavy atom. The summed E-state index contributed by atoms with van der Waals surface area (Å²) in [7, 11) is 1.73. The predicted molar refractivity (Wildman–Crippen MR) is 150 cm³/mol. The first-order valence-electron chi connectivity index (χ1n) is 13.2. The van der Waals surface area contributed by atoms with E-state index in [-0.39, 0.29) is 41.2 Å². The molecule has 5 rings (SSSR count). The van der Waals surface area contributed by atoms with Crippen molar-refractivity contribution in [1.29, 1.82) is 0 Å². The highest BCUT2D eigenvalue weighted by atomic mass is 19.1. The van der Waals surface area contributed by atoms with Crippen molar-refractivity contribution in [3.8, 4) is 0 Å². The van der Waals surface area contributed by atoms with Gasteiger partial charge in [-0.15, -0.1) is 0 Å². The second-order valence-corrected chi connectivity index (χ2v) is 11.5. The number of carbonyl (C=O) groups excluding carboxylic acids is 1. The summed E-state index contributed by atoms with van der Waals surface area (Å²) in [6, 6.07) is 2.71. The van der Waals surface area contributed by atoms with Gasteiger partial charge in [-0.25, -0.2) is 18.9 Å². The number of carbonyl (C=O) groups is 1. The number of rotatable bonds is 6. The molecule has 39 heavy (non-hydrogen) atoms. The molecule has 0 aliphatic heterocycles. The first-order valence-corrected chi connectivity index (χ1v) is 13.2. The van der Waals surface area contributed by atoms with Crippen LogP contribution in [-0.4, -0.2) is 43.4 Å². The molecule has 0 spiro atoms. The molecule has 3 unspecified atom stereocenters. The average Bonchev–Trinajstić information content (AvgIpc) is 3.47. The maximum Gasteiger partial charge on any atom is 0.320 e. The Morgan fingerprint density at radius 1 is 1.23 bits per heavy atom. The minimum absolute atomic E-state index is 0.109. The largest absolute Gasteiger partial charge is 0.357 e. The maximum absolute atomic E-state index is 15.8. The van der Waals surface area contributed by atoms with E-state index < -0.39 is 11.8 Å². The van der Waals surface area contributed by atoms with Crippen LogP contribution in [0.2, 0.25) is 0 Å². The third-order valence-corrected chi connectivity index (χ3v) is 7.12. The number of hydrogen-bond acceptors (Lipinski definition) is 6. The molecule has 1 saturated carbocycles. The zero-order chi connectivity index (χ0) is 28.1. The Labute approximate surface area is 226 Å². The molecular formula is C28H35FN8O2. The number of hydrogen-bond donors (Lipinski definition) is 3. The van der Waals surface area contributed by atoms with Crippen LogP contribution in [0.25, 0.3) is 11.0 Å². The number of nitrogens with one attached hydrogen (secondary N) is 3. The van der Waals surface area contributed by atoms with Gasteiger partial charge in [0.1, 0.15) is 11.5 Å². The topological polar surface area (TPSA) is 119 Å². The van der Waals surface area contributed by atoms with Gasteiger partial charge in [0.2, 0.25) is 11.7 Å². The lowest BCUT2D eigenvalue weighted by Crippen LogP contribution is -2.35. The van der Waals surface area contributed by atoms with Gasteiger partial charge in [0, 0.05) is 60.1 Å². The van der Waals surface area contributed by atoms with Crippen LogP contribution in [0.15, 0.2) is 47.4 Å². The Balaban J connectivity index is 1.37. The molecule has 10 nitrogen and oxygen atoms in total. The molecule has 0 aromatic carbocycles. The van der Waals surface area contributed by atoms with Crippen LogP contribution < -0.4 is 21.5 Å².